The van der Waals surface area contributed by atoms with Gasteiger partial charge < -0.3 is 14.8 Å². The van der Waals surface area contributed by atoms with Gasteiger partial charge in [0, 0.05) is 6.04 Å². The van der Waals surface area contributed by atoms with Crippen LogP contribution in [0.5, 0.6) is 5.75 Å². The first-order valence-corrected chi connectivity index (χ1v) is 9.06. The first kappa shape index (κ1) is 17.3. The summed E-state index contributed by atoms with van der Waals surface area (Å²) in [6.45, 7) is 1.06. The minimum Gasteiger partial charge on any atom is -0.479 e. The number of benzene rings is 1. The molecule has 8 heteroatoms. The molecule has 126 valence electrons. The van der Waals surface area contributed by atoms with Gasteiger partial charge in [0.15, 0.2) is 22.5 Å². The highest BCUT2D eigenvalue weighted by atomic mass is 32.2. The van der Waals surface area contributed by atoms with Crippen molar-refractivity contribution in [2.75, 3.05) is 18.1 Å². The molecule has 0 unspecified atom stereocenters. The van der Waals surface area contributed by atoms with Crippen LogP contribution in [-0.2, 0) is 24.2 Å². The average Bonchev–Trinajstić information content (AvgIpc) is 2.84. The summed E-state index contributed by atoms with van der Waals surface area (Å²) < 4.78 is 32.9. The van der Waals surface area contributed by atoms with Crippen LogP contribution in [0, 0.1) is 0 Å². The Hall–Kier alpha value is -2.09. The predicted molar refractivity (Wildman–Crippen MR) is 82.7 cm³/mol. The highest BCUT2D eigenvalue weighted by Gasteiger charge is 2.29. The van der Waals surface area contributed by atoms with Crippen molar-refractivity contribution in [3.8, 4) is 5.75 Å². The van der Waals surface area contributed by atoms with Crippen molar-refractivity contribution >= 4 is 21.7 Å². The lowest BCUT2D eigenvalue weighted by Crippen LogP contribution is -2.39. The molecule has 1 heterocycles. The van der Waals surface area contributed by atoms with Crippen LogP contribution in [0.2, 0.25) is 0 Å². The van der Waals surface area contributed by atoms with E-state index in [0.717, 1.165) is 0 Å². The van der Waals surface area contributed by atoms with Crippen molar-refractivity contribution in [2.45, 2.75) is 25.5 Å². The largest absolute Gasteiger partial charge is 0.479 e. The smallest absolute Gasteiger partial charge is 0.347 e. The summed E-state index contributed by atoms with van der Waals surface area (Å²) in [5, 5.41) is 2.54. The van der Waals surface area contributed by atoms with Gasteiger partial charge in [0.2, 0.25) is 0 Å². The second-order valence-corrected chi connectivity index (χ2v) is 7.58. The van der Waals surface area contributed by atoms with E-state index in [-0.39, 0.29) is 11.5 Å². The van der Waals surface area contributed by atoms with Crippen LogP contribution in [0.1, 0.15) is 13.3 Å². The van der Waals surface area contributed by atoms with Gasteiger partial charge >= 0.3 is 5.97 Å². The fourth-order valence-corrected chi connectivity index (χ4v) is 3.86. The maximum absolute atomic E-state index is 11.8. The van der Waals surface area contributed by atoms with Crippen molar-refractivity contribution in [2.24, 2.45) is 0 Å². The lowest BCUT2D eigenvalue weighted by atomic mass is 10.2. The van der Waals surface area contributed by atoms with Crippen LogP contribution in [0.4, 0.5) is 0 Å². The Morgan fingerprint density at radius 3 is 2.61 bits per heavy atom. The molecule has 0 spiro atoms. The van der Waals surface area contributed by atoms with E-state index in [1.807, 2.05) is 6.07 Å². The fourth-order valence-electron chi connectivity index (χ4n) is 2.18. The van der Waals surface area contributed by atoms with Gasteiger partial charge in [-0.15, -0.1) is 0 Å². The summed E-state index contributed by atoms with van der Waals surface area (Å²) in [4.78, 5) is 23.4. The maximum Gasteiger partial charge on any atom is 0.347 e. The number of rotatable bonds is 6. The second kappa shape index (κ2) is 7.45. The van der Waals surface area contributed by atoms with E-state index in [4.69, 9.17) is 9.47 Å². The summed E-state index contributed by atoms with van der Waals surface area (Å²) >= 11 is 0. The zero-order chi connectivity index (χ0) is 16.9. The number of carbonyl (C=O) groups is 2. The molecule has 2 atom stereocenters. The molecule has 2 rings (SSSR count). The minimum absolute atomic E-state index is 0.0691. The number of amides is 1. The van der Waals surface area contributed by atoms with Crippen molar-refractivity contribution in [1.82, 2.24) is 5.32 Å². The third kappa shape index (κ3) is 5.55. The Kier molecular flexibility index (Phi) is 5.59. The molecule has 0 bridgehead atoms. The van der Waals surface area contributed by atoms with Gasteiger partial charge in [-0.2, -0.15) is 0 Å². The third-order valence-corrected chi connectivity index (χ3v) is 5.10. The number of carbonyl (C=O) groups excluding carboxylic acids is 2. The van der Waals surface area contributed by atoms with Gasteiger partial charge in [0.25, 0.3) is 5.91 Å². The number of sulfone groups is 1. The van der Waals surface area contributed by atoms with E-state index in [1.54, 1.807) is 24.3 Å². The quantitative estimate of drug-likeness (QED) is 0.747. The molecule has 23 heavy (non-hydrogen) atoms. The minimum atomic E-state index is -3.06. The molecular formula is C15H19NO6S. The second-order valence-electron chi connectivity index (χ2n) is 5.35. The van der Waals surface area contributed by atoms with Crippen LogP contribution < -0.4 is 10.1 Å². The zero-order valence-corrected chi connectivity index (χ0v) is 13.5. The van der Waals surface area contributed by atoms with Crippen LogP contribution in [0.25, 0.3) is 0 Å². The zero-order valence-electron chi connectivity index (χ0n) is 12.7. The van der Waals surface area contributed by atoms with E-state index in [2.05, 4.69) is 5.32 Å². The van der Waals surface area contributed by atoms with E-state index >= 15 is 0 Å². The number of ether oxygens (including phenoxy) is 2. The van der Waals surface area contributed by atoms with E-state index < -0.39 is 40.5 Å². The number of nitrogens with one attached hydrogen (secondary N) is 1. The van der Waals surface area contributed by atoms with Gasteiger partial charge in [-0.3, -0.25) is 4.79 Å². The van der Waals surface area contributed by atoms with Crippen molar-refractivity contribution < 1.29 is 27.5 Å². The Bertz CT molecular complexity index is 658. The maximum atomic E-state index is 11.8. The number of hydrogen-bond donors (Lipinski definition) is 1. The molecule has 1 aromatic rings. The van der Waals surface area contributed by atoms with Crippen molar-refractivity contribution in [1.29, 1.82) is 0 Å². The third-order valence-electron chi connectivity index (χ3n) is 3.33. The highest BCUT2D eigenvalue weighted by Crippen LogP contribution is 2.12. The monoisotopic (exact) mass is 341 g/mol. The number of para-hydroxylation sites is 1. The molecule has 1 saturated heterocycles. The standard InChI is InChI=1S/C15H19NO6S/c1-11(22-13-5-3-2-4-6-13)15(18)21-9-14(17)16-12-7-8-23(19,20)10-12/h2-6,11-12H,7-10H2,1H3,(H,16,17)/t11-,12+/m0/s1. The number of esters is 1. The summed E-state index contributed by atoms with van der Waals surface area (Å²) in [5.74, 6) is -0.659. The topological polar surface area (TPSA) is 98.8 Å². The summed E-state index contributed by atoms with van der Waals surface area (Å²) in [6, 6.07) is 8.37. The predicted octanol–water partition coefficient (Wildman–Crippen LogP) is 0.300. The van der Waals surface area contributed by atoms with Crippen LogP contribution in [0.3, 0.4) is 0 Å². The molecule has 0 aromatic heterocycles. The molecule has 1 N–H and O–H groups in total. The SMILES string of the molecule is C[C@H](Oc1ccccc1)C(=O)OCC(=O)N[C@@H]1CCS(=O)(=O)C1. The highest BCUT2D eigenvalue weighted by molar-refractivity contribution is 7.91. The molecule has 1 aliphatic rings. The Labute approximate surface area is 134 Å². The lowest BCUT2D eigenvalue weighted by molar-refractivity contribution is -0.154. The van der Waals surface area contributed by atoms with Crippen LogP contribution in [-0.4, -0.2) is 50.6 Å². The molecule has 0 radical (unpaired) electrons. The van der Waals surface area contributed by atoms with Gasteiger partial charge in [0.05, 0.1) is 11.5 Å². The Morgan fingerprint density at radius 2 is 2.00 bits per heavy atom. The first-order chi connectivity index (χ1) is 10.9. The van der Waals surface area contributed by atoms with E-state index in [0.29, 0.717) is 12.2 Å². The van der Waals surface area contributed by atoms with Gasteiger partial charge in [0.1, 0.15) is 5.75 Å². The van der Waals surface area contributed by atoms with E-state index in [1.165, 1.54) is 6.92 Å². The lowest BCUT2D eigenvalue weighted by Gasteiger charge is -2.15. The molecule has 1 fully saturated rings. The van der Waals surface area contributed by atoms with Crippen molar-refractivity contribution in [3.05, 3.63) is 30.3 Å². The van der Waals surface area contributed by atoms with E-state index in [9.17, 15) is 18.0 Å². The van der Waals surface area contributed by atoms with Crippen molar-refractivity contribution in [3.63, 3.8) is 0 Å². The Morgan fingerprint density at radius 1 is 1.30 bits per heavy atom. The molecule has 0 aliphatic carbocycles. The summed E-state index contributed by atoms with van der Waals surface area (Å²) in [7, 11) is -3.06. The number of hydrogen-bond acceptors (Lipinski definition) is 6. The normalized spacial score (nSPS) is 20.5. The molecule has 1 aliphatic heterocycles. The molecule has 1 amide bonds. The van der Waals surface area contributed by atoms with Crippen LogP contribution >= 0.6 is 0 Å². The van der Waals surface area contributed by atoms with Gasteiger partial charge in [-0.05, 0) is 25.5 Å². The summed E-state index contributed by atoms with van der Waals surface area (Å²) in [6.07, 6.45) is -0.465. The average molecular weight is 341 g/mol. The first-order valence-electron chi connectivity index (χ1n) is 7.24. The fraction of sp³-hybridized carbons (Fsp3) is 0.467. The van der Waals surface area contributed by atoms with Crippen LogP contribution in [0.15, 0.2) is 30.3 Å². The van der Waals surface area contributed by atoms with Gasteiger partial charge in [-0.1, -0.05) is 18.2 Å². The molecule has 7 nitrogen and oxygen atoms in total. The van der Waals surface area contributed by atoms with Gasteiger partial charge in [-0.25, -0.2) is 13.2 Å². The molecular weight excluding hydrogens is 322 g/mol. The molecule has 0 saturated carbocycles. The molecule has 1 aromatic carbocycles. The Balaban J connectivity index is 1.72. The summed E-state index contributed by atoms with van der Waals surface area (Å²) in [5.41, 5.74) is 0.